The average molecular weight is 413 g/mol. The van der Waals surface area contributed by atoms with Crippen LogP contribution in [0.15, 0.2) is 42.5 Å². The van der Waals surface area contributed by atoms with Crippen molar-refractivity contribution < 1.29 is 23.9 Å². The van der Waals surface area contributed by atoms with E-state index in [0.29, 0.717) is 31.2 Å². The lowest BCUT2D eigenvalue weighted by Crippen LogP contribution is -2.41. The van der Waals surface area contributed by atoms with Crippen LogP contribution >= 0.6 is 11.3 Å². The number of carbonyl (C=O) groups is 3. The van der Waals surface area contributed by atoms with Crippen molar-refractivity contribution in [2.75, 3.05) is 32.9 Å². The number of nitrogens with zero attached hydrogens (tertiary/aromatic N) is 1. The first-order valence-electron chi connectivity index (χ1n) is 9.40. The lowest BCUT2D eigenvalue weighted by Gasteiger charge is -2.26. The van der Waals surface area contributed by atoms with Crippen LogP contribution < -0.4 is 0 Å². The lowest BCUT2D eigenvalue weighted by atomic mass is 10.1. The van der Waals surface area contributed by atoms with E-state index in [1.807, 2.05) is 31.2 Å². The molecule has 0 radical (unpaired) electrons. The molecule has 0 N–H and O–H groups in total. The van der Waals surface area contributed by atoms with Crippen molar-refractivity contribution in [3.8, 4) is 0 Å². The Labute approximate surface area is 173 Å². The summed E-state index contributed by atoms with van der Waals surface area (Å²) in [5, 5.41) is 0. The zero-order valence-electron chi connectivity index (χ0n) is 16.3. The van der Waals surface area contributed by atoms with Gasteiger partial charge in [-0.05, 0) is 30.7 Å². The molecule has 0 atom stereocenters. The topological polar surface area (TPSA) is 72.9 Å². The highest BCUT2D eigenvalue weighted by atomic mass is 32.1. The molecule has 0 spiro atoms. The summed E-state index contributed by atoms with van der Waals surface area (Å²) >= 11 is 1.26. The smallest absolute Gasteiger partial charge is 0.331 e. The second kappa shape index (κ2) is 10.1. The summed E-state index contributed by atoms with van der Waals surface area (Å²) in [6.45, 7) is 3.98. The van der Waals surface area contributed by atoms with E-state index in [1.54, 1.807) is 23.1 Å². The molecule has 0 unspecified atom stereocenters. The van der Waals surface area contributed by atoms with Gasteiger partial charge in [-0.15, -0.1) is 11.3 Å². The van der Waals surface area contributed by atoms with Crippen LogP contribution in [0.3, 0.4) is 0 Å². The minimum Gasteiger partial charge on any atom is -0.454 e. The Morgan fingerprint density at radius 1 is 1.10 bits per heavy atom. The molecule has 0 saturated carbocycles. The van der Waals surface area contributed by atoms with Crippen LogP contribution in [0.4, 0.5) is 0 Å². The molecule has 2 aromatic rings. The SMILES string of the molecule is Cc1ccc(/C=C/C(=O)OCC(=O)c2ccc(CC(=O)N3CCOCC3)s2)cc1. The zero-order valence-corrected chi connectivity index (χ0v) is 17.1. The Morgan fingerprint density at radius 3 is 2.55 bits per heavy atom. The fraction of sp³-hybridized carbons (Fsp3) is 0.318. The molecule has 6 nitrogen and oxygen atoms in total. The van der Waals surface area contributed by atoms with Crippen molar-refractivity contribution in [2.45, 2.75) is 13.3 Å². The second-order valence-corrected chi connectivity index (χ2v) is 7.88. The van der Waals surface area contributed by atoms with Gasteiger partial charge in [0, 0.05) is 24.0 Å². The minimum absolute atomic E-state index is 0.0295. The molecule has 2 heterocycles. The van der Waals surface area contributed by atoms with E-state index in [0.717, 1.165) is 16.0 Å². The number of hydrogen-bond acceptors (Lipinski definition) is 6. The minimum atomic E-state index is -0.571. The average Bonchev–Trinajstić information content (AvgIpc) is 3.20. The maximum absolute atomic E-state index is 12.3. The van der Waals surface area contributed by atoms with Gasteiger partial charge in [-0.2, -0.15) is 0 Å². The molecule has 152 valence electrons. The Morgan fingerprint density at radius 2 is 1.83 bits per heavy atom. The van der Waals surface area contributed by atoms with Gasteiger partial charge < -0.3 is 14.4 Å². The first-order chi connectivity index (χ1) is 14.0. The quantitative estimate of drug-likeness (QED) is 0.396. The van der Waals surface area contributed by atoms with Gasteiger partial charge in [-0.1, -0.05) is 29.8 Å². The number of ether oxygens (including phenoxy) is 2. The van der Waals surface area contributed by atoms with Crippen LogP contribution in [0.1, 0.15) is 25.7 Å². The van der Waals surface area contributed by atoms with E-state index < -0.39 is 5.97 Å². The maximum atomic E-state index is 12.3. The summed E-state index contributed by atoms with van der Waals surface area (Å²) in [6.07, 6.45) is 3.21. The second-order valence-electron chi connectivity index (χ2n) is 6.71. The molecule has 1 aromatic heterocycles. The number of aryl methyl sites for hydroxylation is 1. The molecule has 0 bridgehead atoms. The third kappa shape index (κ3) is 6.37. The van der Waals surface area contributed by atoms with E-state index in [9.17, 15) is 14.4 Å². The summed E-state index contributed by atoms with van der Waals surface area (Å²) in [5.74, 6) is -0.822. The number of thiophene rings is 1. The zero-order chi connectivity index (χ0) is 20.6. The molecule has 3 rings (SSSR count). The summed E-state index contributed by atoms with van der Waals surface area (Å²) in [5.41, 5.74) is 2.02. The van der Waals surface area contributed by atoms with Gasteiger partial charge in [0.1, 0.15) is 0 Å². The number of rotatable bonds is 7. The summed E-state index contributed by atoms with van der Waals surface area (Å²) in [4.78, 5) is 39.4. The first-order valence-corrected chi connectivity index (χ1v) is 10.2. The molecule has 1 aliphatic rings. The highest BCUT2D eigenvalue weighted by molar-refractivity contribution is 7.14. The normalized spacial score (nSPS) is 14.2. The Kier molecular flexibility index (Phi) is 7.32. The monoisotopic (exact) mass is 413 g/mol. The van der Waals surface area contributed by atoms with Gasteiger partial charge in [0.2, 0.25) is 11.7 Å². The molecule has 1 fully saturated rings. The molecular formula is C22H23NO5S. The number of hydrogen-bond donors (Lipinski definition) is 0. The fourth-order valence-corrected chi connectivity index (χ4v) is 3.72. The van der Waals surface area contributed by atoms with Gasteiger partial charge in [0.15, 0.2) is 6.61 Å². The molecule has 1 aromatic carbocycles. The molecule has 7 heteroatoms. The van der Waals surface area contributed by atoms with Gasteiger partial charge in [0.05, 0.1) is 24.5 Å². The van der Waals surface area contributed by atoms with Gasteiger partial charge in [0.25, 0.3) is 0 Å². The highest BCUT2D eigenvalue weighted by Crippen LogP contribution is 2.19. The van der Waals surface area contributed by atoms with Crippen LogP contribution in [0, 0.1) is 6.92 Å². The molecule has 1 saturated heterocycles. The molecule has 29 heavy (non-hydrogen) atoms. The van der Waals surface area contributed by atoms with Crippen LogP contribution in [-0.2, 0) is 25.5 Å². The number of ketones is 1. The van der Waals surface area contributed by atoms with Crippen LogP contribution in [-0.4, -0.2) is 55.5 Å². The number of amides is 1. The number of carbonyl (C=O) groups excluding carboxylic acids is 3. The van der Waals surface area contributed by atoms with E-state index in [4.69, 9.17) is 9.47 Å². The van der Waals surface area contributed by atoms with Gasteiger partial charge >= 0.3 is 5.97 Å². The number of Topliss-reactive ketones (excluding diaryl/α,β-unsaturated/α-hetero) is 1. The standard InChI is InChI=1S/C22H23NO5S/c1-16-2-4-17(5-3-16)6-9-22(26)28-15-19(24)20-8-7-18(29-20)14-21(25)23-10-12-27-13-11-23/h2-9H,10-15H2,1H3/b9-6+. The third-order valence-corrected chi connectivity index (χ3v) is 5.59. The Hall–Kier alpha value is -2.77. The van der Waals surface area contributed by atoms with E-state index in [-0.39, 0.29) is 24.7 Å². The first kappa shape index (κ1) is 21.0. The summed E-state index contributed by atoms with van der Waals surface area (Å²) < 4.78 is 10.3. The van der Waals surface area contributed by atoms with Crippen LogP contribution in [0.25, 0.3) is 6.08 Å². The van der Waals surface area contributed by atoms with Crippen LogP contribution in [0.2, 0.25) is 0 Å². The third-order valence-electron chi connectivity index (χ3n) is 4.46. The highest BCUT2D eigenvalue weighted by Gasteiger charge is 2.19. The van der Waals surface area contributed by atoms with E-state index in [2.05, 4.69) is 0 Å². The lowest BCUT2D eigenvalue weighted by molar-refractivity contribution is -0.136. The van der Waals surface area contributed by atoms with E-state index in [1.165, 1.54) is 17.4 Å². The van der Waals surface area contributed by atoms with Gasteiger partial charge in [-0.25, -0.2) is 4.79 Å². The largest absolute Gasteiger partial charge is 0.454 e. The van der Waals surface area contributed by atoms with Crippen molar-refractivity contribution in [1.82, 2.24) is 4.90 Å². The molecular weight excluding hydrogens is 390 g/mol. The Bertz CT molecular complexity index is 894. The maximum Gasteiger partial charge on any atom is 0.331 e. The van der Waals surface area contributed by atoms with Gasteiger partial charge in [-0.3, -0.25) is 9.59 Å². The predicted octanol–water partition coefficient (Wildman–Crippen LogP) is 2.90. The van der Waals surface area contributed by atoms with Crippen molar-refractivity contribution in [2.24, 2.45) is 0 Å². The summed E-state index contributed by atoms with van der Waals surface area (Å²) in [7, 11) is 0. The van der Waals surface area contributed by atoms with Crippen molar-refractivity contribution in [1.29, 1.82) is 0 Å². The predicted molar refractivity (Wildman–Crippen MR) is 111 cm³/mol. The number of morpholine rings is 1. The Balaban J connectivity index is 1.46. The molecule has 0 aliphatic carbocycles. The van der Waals surface area contributed by atoms with Crippen molar-refractivity contribution in [3.63, 3.8) is 0 Å². The molecule has 1 aliphatic heterocycles. The van der Waals surface area contributed by atoms with Crippen molar-refractivity contribution in [3.05, 3.63) is 63.4 Å². The molecule has 1 amide bonds. The number of benzene rings is 1. The summed E-state index contributed by atoms with van der Waals surface area (Å²) in [6, 6.07) is 11.1. The number of esters is 1. The van der Waals surface area contributed by atoms with E-state index >= 15 is 0 Å². The van der Waals surface area contributed by atoms with Crippen LogP contribution in [0.5, 0.6) is 0 Å². The van der Waals surface area contributed by atoms with Crippen molar-refractivity contribution >= 4 is 35.1 Å². The fourth-order valence-electron chi connectivity index (χ4n) is 2.79.